The van der Waals surface area contributed by atoms with Gasteiger partial charge in [0.25, 0.3) is 0 Å². The molecule has 0 amide bonds. The molecule has 2 heteroatoms. The summed E-state index contributed by atoms with van der Waals surface area (Å²) in [7, 11) is 0. The molecule has 2 nitrogen and oxygen atoms in total. The van der Waals surface area contributed by atoms with Crippen LogP contribution in [0.3, 0.4) is 0 Å². The number of nitrogens with zero attached hydrogens (tertiary/aromatic N) is 1. The SMILES string of the molecule is CCCN(CCC)C(C)C(O)c1cc2c(c3ccccc13)CCCC2. The van der Waals surface area contributed by atoms with E-state index in [9.17, 15) is 5.11 Å². The molecule has 136 valence electrons. The van der Waals surface area contributed by atoms with Crippen molar-refractivity contribution >= 4 is 10.8 Å². The van der Waals surface area contributed by atoms with Gasteiger partial charge in [-0.25, -0.2) is 0 Å². The van der Waals surface area contributed by atoms with Crippen LogP contribution in [-0.4, -0.2) is 29.1 Å². The van der Waals surface area contributed by atoms with Gasteiger partial charge in [-0.15, -0.1) is 0 Å². The average Bonchev–Trinajstić information content (AvgIpc) is 2.66. The highest BCUT2D eigenvalue weighted by atomic mass is 16.3. The van der Waals surface area contributed by atoms with Crippen LogP contribution in [-0.2, 0) is 12.8 Å². The van der Waals surface area contributed by atoms with Gasteiger partial charge in [0.1, 0.15) is 0 Å². The van der Waals surface area contributed by atoms with Crippen molar-refractivity contribution in [1.29, 1.82) is 0 Å². The number of aryl methyl sites for hydroxylation is 2. The molecular weight excluding hydrogens is 306 g/mol. The molecule has 0 aliphatic heterocycles. The number of rotatable bonds is 7. The lowest BCUT2D eigenvalue weighted by molar-refractivity contribution is 0.0585. The molecule has 2 atom stereocenters. The van der Waals surface area contributed by atoms with Crippen molar-refractivity contribution in [3.8, 4) is 0 Å². The Bertz CT molecular complexity index is 703. The summed E-state index contributed by atoms with van der Waals surface area (Å²) in [5.74, 6) is 0. The van der Waals surface area contributed by atoms with E-state index in [1.807, 2.05) is 0 Å². The first-order valence-corrected chi connectivity index (χ1v) is 10.1. The largest absolute Gasteiger partial charge is 0.387 e. The van der Waals surface area contributed by atoms with Crippen LogP contribution in [0.25, 0.3) is 10.8 Å². The molecule has 2 unspecified atom stereocenters. The lowest BCUT2D eigenvalue weighted by Crippen LogP contribution is -2.38. The van der Waals surface area contributed by atoms with Crippen molar-refractivity contribution in [3.05, 3.63) is 47.0 Å². The molecule has 0 aromatic heterocycles. The molecule has 0 saturated carbocycles. The summed E-state index contributed by atoms with van der Waals surface area (Å²) in [6, 6.07) is 11.1. The molecule has 1 aliphatic carbocycles. The Kier molecular flexibility index (Phi) is 6.14. The predicted molar refractivity (Wildman–Crippen MR) is 107 cm³/mol. The van der Waals surface area contributed by atoms with E-state index < -0.39 is 6.10 Å². The molecule has 1 aliphatic rings. The molecule has 0 heterocycles. The fourth-order valence-electron chi connectivity index (χ4n) is 4.46. The van der Waals surface area contributed by atoms with E-state index in [1.165, 1.54) is 41.2 Å². The molecular formula is C23H33NO. The molecule has 0 spiro atoms. The van der Waals surface area contributed by atoms with E-state index in [0.717, 1.165) is 37.9 Å². The van der Waals surface area contributed by atoms with Gasteiger partial charge < -0.3 is 5.11 Å². The van der Waals surface area contributed by atoms with Crippen LogP contribution in [0.2, 0.25) is 0 Å². The molecule has 0 radical (unpaired) electrons. The van der Waals surface area contributed by atoms with Gasteiger partial charge in [0.2, 0.25) is 0 Å². The van der Waals surface area contributed by atoms with Crippen LogP contribution in [0.1, 0.15) is 69.2 Å². The maximum absolute atomic E-state index is 11.3. The summed E-state index contributed by atoms with van der Waals surface area (Å²) in [5, 5.41) is 13.9. The minimum Gasteiger partial charge on any atom is -0.387 e. The zero-order valence-electron chi connectivity index (χ0n) is 16.1. The summed E-state index contributed by atoms with van der Waals surface area (Å²) in [4.78, 5) is 2.44. The maximum atomic E-state index is 11.3. The first-order valence-electron chi connectivity index (χ1n) is 10.1. The van der Waals surface area contributed by atoms with Crippen LogP contribution >= 0.6 is 0 Å². The minimum atomic E-state index is -0.435. The van der Waals surface area contributed by atoms with Crippen LogP contribution in [0.15, 0.2) is 30.3 Å². The van der Waals surface area contributed by atoms with Gasteiger partial charge in [-0.2, -0.15) is 0 Å². The summed E-state index contributed by atoms with van der Waals surface area (Å²) in [5.41, 5.74) is 4.11. The van der Waals surface area contributed by atoms with E-state index in [1.54, 1.807) is 0 Å². The topological polar surface area (TPSA) is 23.5 Å². The van der Waals surface area contributed by atoms with E-state index in [0.29, 0.717) is 0 Å². The van der Waals surface area contributed by atoms with Crippen molar-refractivity contribution in [1.82, 2.24) is 4.90 Å². The van der Waals surface area contributed by atoms with E-state index >= 15 is 0 Å². The third-order valence-corrected chi connectivity index (χ3v) is 5.78. The van der Waals surface area contributed by atoms with Gasteiger partial charge in [-0.05, 0) is 86.0 Å². The number of fused-ring (bicyclic) bond motifs is 3. The zero-order valence-corrected chi connectivity index (χ0v) is 16.1. The Morgan fingerprint density at radius 2 is 1.64 bits per heavy atom. The van der Waals surface area contributed by atoms with E-state index in [4.69, 9.17) is 0 Å². The smallest absolute Gasteiger partial charge is 0.0948 e. The Morgan fingerprint density at radius 3 is 2.32 bits per heavy atom. The molecule has 2 aromatic carbocycles. The summed E-state index contributed by atoms with van der Waals surface area (Å²) >= 11 is 0. The van der Waals surface area contributed by atoms with E-state index in [-0.39, 0.29) is 6.04 Å². The standard InChI is InChI=1S/C23H33NO/c1-4-14-24(15-5-2)17(3)23(25)22-16-18-10-6-7-11-19(18)20-12-8-9-13-21(20)22/h8-9,12-13,16-17,23,25H,4-7,10-11,14-15H2,1-3H3. The molecule has 0 bridgehead atoms. The summed E-state index contributed by atoms with van der Waals surface area (Å²) < 4.78 is 0. The van der Waals surface area contributed by atoms with Gasteiger partial charge in [-0.3, -0.25) is 4.90 Å². The number of hydrogen-bond acceptors (Lipinski definition) is 2. The Labute approximate surface area is 152 Å². The average molecular weight is 340 g/mol. The second-order valence-electron chi connectivity index (χ2n) is 7.58. The van der Waals surface area contributed by atoms with Gasteiger partial charge >= 0.3 is 0 Å². The van der Waals surface area contributed by atoms with Gasteiger partial charge in [-0.1, -0.05) is 44.2 Å². The van der Waals surface area contributed by atoms with Crippen molar-refractivity contribution in [2.24, 2.45) is 0 Å². The number of aliphatic hydroxyl groups excluding tert-OH is 1. The normalized spacial score (nSPS) is 16.8. The number of aliphatic hydroxyl groups is 1. The first kappa shape index (κ1) is 18.4. The maximum Gasteiger partial charge on any atom is 0.0948 e. The summed E-state index contributed by atoms with van der Waals surface area (Å²) in [6.07, 6.45) is 6.71. The molecule has 25 heavy (non-hydrogen) atoms. The highest BCUT2D eigenvalue weighted by molar-refractivity contribution is 5.90. The van der Waals surface area contributed by atoms with Crippen LogP contribution in [0.4, 0.5) is 0 Å². The van der Waals surface area contributed by atoms with Gasteiger partial charge in [0.15, 0.2) is 0 Å². The predicted octanol–water partition coefficient (Wildman–Crippen LogP) is 5.26. The minimum absolute atomic E-state index is 0.143. The van der Waals surface area contributed by atoms with Crippen molar-refractivity contribution < 1.29 is 5.11 Å². The second kappa shape index (κ2) is 8.33. The van der Waals surface area contributed by atoms with Crippen molar-refractivity contribution in [2.75, 3.05) is 13.1 Å². The lowest BCUT2D eigenvalue weighted by Gasteiger charge is -2.33. The number of benzene rings is 2. The van der Waals surface area contributed by atoms with Crippen molar-refractivity contribution in [2.45, 2.75) is 71.4 Å². The second-order valence-corrected chi connectivity index (χ2v) is 7.58. The Hall–Kier alpha value is -1.38. The van der Waals surface area contributed by atoms with Gasteiger partial charge in [0.05, 0.1) is 6.10 Å². The Balaban J connectivity index is 2.02. The molecule has 2 aromatic rings. The zero-order chi connectivity index (χ0) is 17.8. The molecule has 1 N–H and O–H groups in total. The molecule has 3 rings (SSSR count). The third-order valence-electron chi connectivity index (χ3n) is 5.78. The van der Waals surface area contributed by atoms with Crippen LogP contribution in [0.5, 0.6) is 0 Å². The lowest BCUT2D eigenvalue weighted by atomic mass is 9.83. The van der Waals surface area contributed by atoms with Crippen molar-refractivity contribution in [3.63, 3.8) is 0 Å². The third kappa shape index (κ3) is 3.75. The summed E-state index contributed by atoms with van der Waals surface area (Å²) in [6.45, 7) is 8.72. The van der Waals surface area contributed by atoms with Gasteiger partial charge in [0, 0.05) is 6.04 Å². The highest BCUT2D eigenvalue weighted by Gasteiger charge is 2.25. The molecule has 0 saturated heterocycles. The molecule has 0 fully saturated rings. The van der Waals surface area contributed by atoms with E-state index in [2.05, 4.69) is 56.0 Å². The fraction of sp³-hybridized carbons (Fsp3) is 0.565. The monoisotopic (exact) mass is 339 g/mol. The fourth-order valence-corrected chi connectivity index (χ4v) is 4.46. The quantitative estimate of drug-likeness (QED) is 0.743. The first-order chi connectivity index (χ1) is 12.2. The van der Waals surface area contributed by atoms with Crippen LogP contribution < -0.4 is 0 Å². The van der Waals surface area contributed by atoms with Crippen LogP contribution in [0, 0.1) is 0 Å². The number of hydrogen-bond donors (Lipinski definition) is 1. The highest BCUT2D eigenvalue weighted by Crippen LogP contribution is 2.35. The Morgan fingerprint density at radius 1 is 1.00 bits per heavy atom.